The highest BCUT2D eigenvalue weighted by Crippen LogP contribution is 2.34. The number of amides is 3. The highest BCUT2D eigenvalue weighted by atomic mass is 16.5. The Bertz CT molecular complexity index is 2130. The molecule has 2 aliphatic heterocycles. The molecule has 1 saturated heterocycles. The van der Waals surface area contributed by atoms with E-state index in [1.54, 1.807) is 60.0 Å². The van der Waals surface area contributed by atoms with E-state index in [1.165, 1.54) is 0 Å². The van der Waals surface area contributed by atoms with Crippen LogP contribution < -0.4 is 15.5 Å². The molecule has 0 saturated carbocycles. The summed E-state index contributed by atoms with van der Waals surface area (Å²) in [6, 6.07) is 13.9. The van der Waals surface area contributed by atoms with Gasteiger partial charge in [0, 0.05) is 94.8 Å². The molecule has 0 unspecified atom stereocenters. The van der Waals surface area contributed by atoms with Crippen LogP contribution in [0.1, 0.15) is 46.7 Å². The molecule has 3 amide bonds. The van der Waals surface area contributed by atoms with Crippen LogP contribution in [0.2, 0.25) is 0 Å². The molecule has 7 rings (SSSR count). The van der Waals surface area contributed by atoms with Crippen LogP contribution in [0.15, 0.2) is 67.3 Å². The molecule has 14 heteroatoms. The van der Waals surface area contributed by atoms with Gasteiger partial charge < -0.3 is 34.5 Å². The Morgan fingerprint density at radius 3 is 2.25 bits per heavy atom. The first-order valence-electron chi connectivity index (χ1n) is 17.4. The largest absolute Gasteiger partial charge is 0.378 e. The van der Waals surface area contributed by atoms with Crippen LogP contribution in [0, 0.1) is 0 Å². The number of nitrogens with zero attached hydrogens (tertiary/aromatic N) is 9. The molecular formula is C38H42N10O4. The molecule has 14 nitrogen and oxygen atoms in total. The van der Waals surface area contributed by atoms with Crippen molar-refractivity contribution in [2.75, 3.05) is 69.0 Å². The van der Waals surface area contributed by atoms with Crippen LogP contribution in [0.5, 0.6) is 0 Å². The third-order valence-electron chi connectivity index (χ3n) is 9.80. The number of anilines is 3. The Balaban J connectivity index is 1.02. The first-order chi connectivity index (χ1) is 25.1. The van der Waals surface area contributed by atoms with E-state index in [-0.39, 0.29) is 35.4 Å². The Morgan fingerprint density at radius 1 is 0.885 bits per heavy atom. The lowest BCUT2D eigenvalue weighted by Gasteiger charge is -2.34. The quantitative estimate of drug-likeness (QED) is 0.253. The molecule has 2 aromatic carbocycles. The average Bonchev–Trinajstić information content (AvgIpc) is 3.60. The Kier molecular flexibility index (Phi) is 9.56. The first kappa shape index (κ1) is 34.6. The number of nitrogens with two attached hydrogens (primary N) is 1. The molecule has 0 radical (unpaired) electrons. The lowest BCUT2D eigenvalue weighted by molar-refractivity contribution is -0.117. The molecule has 2 N–H and O–H groups in total. The molecule has 52 heavy (non-hydrogen) atoms. The van der Waals surface area contributed by atoms with Gasteiger partial charge in [0.15, 0.2) is 11.5 Å². The van der Waals surface area contributed by atoms with Crippen molar-refractivity contribution in [3.05, 3.63) is 84.1 Å². The van der Waals surface area contributed by atoms with Crippen molar-refractivity contribution in [3.8, 4) is 22.4 Å². The summed E-state index contributed by atoms with van der Waals surface area (Å²) in [5.41, 5.74) is 12.5. The normalized spacial score (nSPS) is 15.7. The van der Waals surface area contributed by atoms with Gasteiger partial charge in [0.25, 0.3) is 11.8 Å². The number of morpholine rings is 1. The minimum Gasteiger partial charge on any atom is -0.378 e. The van der Waals surface area contributed by atoms with Gasteiger partial charge in [-0.25, -0.2) is 19.9 Å². The summed E-state index contributed by atoms with van der Waals surface area (Å²) in [5.74, 6) is 0.441. The zero-order valence-corrected chi connectivity index (χ0v) is 29.8. The van der Waals surface area contributed by atoms with E-state index in [0.29, 0.717) is 67.7 Å². The van der Waals surface area contributed by atoms with E-state index >= 15 is 0 Å². The van der Waals surface area contributed by atoms with Gasteiger partial charge >= 0.3 is 0 Å². The predicted octanol–water partition coefficient (Wildman–Crippen LogP) is 3.80. The third-order valence-corrected chi connectivity index (χ3v) is 9.80. The lowest BCUT2D eigenvalue weighted by Crippen LogP contribution is -2.40. The number of imidazole rings is 1. The molecule has 268 valence electrons. The van der Waals surface area contributed by atoms with Crippen LogP contribution in [0.25, 0.3) is 28.0 Å². The summed E-state index contributed by atoms with van der Waals surface area (Å²) < 4.78 is 7.35. The monoisotopic (exact) mass is 702 g/mol. The SMILES string of the molecule is CC(=O)N1c2ccc(-c3ccc(C(=O)N(C)CCN(C)C(=O)c4cn5cc(-c6cnc(N)nc6)nc(N6CCOCC6)c5n4)cc3)cc2CC[C@@H]1C. The second-order valence-corrected chi connectivity index (χ2v) is 13.4. The Labute approximate surface area is 301 Å². The summed E-state index contributed by atoms with van der Waals surface area (Å²) in [5, 5.41) is 0. The maximum atomic E-state index is 13.6. The number of carbonyl (C=O) groups is 3. The minimum absolute atomic E-state index is 0.0512. The first-order valence-corrected chi connectivity index (χ1v) is 17.4. The van der Waals surface area contributed by atoms with Crippen molar-refractivity contribution in [1.82, 2.24) is 34.1 Å². The Morgan fingerprint density at radius 2 is 1.56 bits per heavy atom. The maximum Gasteiger partial charge on any atom is 0.273 e. The smallest absolute Gasteiger partial charge is 0.273 e. The third kappa shape index (κ3) is 6.89. The number of hydrogen-bond donors (Lipinski definition) is 1. The highest BCUT2D eigenvalue weighted by molar-refractivity contribution is 5.96. The van der Waals surface area contributed by atoms with Gasteiger partial charge in [0.1, 0.15) is 5.69 Å². The van der Waals surface area contributed by atoms with Crippen LogP contribution in [-0.4, -0.2) is 111 Å². The summed E-state index contributed by atoms with van der Waals surface area (Å²) in [6.45, 7) is 6.72. The summed E-state index contributed by atoms with van der Waals surface area (Å²) >= 11 is 0. The van der Waals surface area contributed by atoms with Gasteiger partial charge in [0.2, 0.25) is 11.9 Å². The van der Waals surface area contributed by atoms with Gasteiger partial charge in [-0.05, 0) is 60.7 Å². The van der Waals surface area contributed by atoms with Crippen molar-refractivity contribution < 1.29 is 19.1 Å². The summed E-state index contributed by atoms with van der Waals surface area (Å²) in [7, 11) is 3.43. The molecule has 5 heterocycles. The summed E-state index contributed by atoms with van der Waals surface area (Å²) in [4.78, 5) is 64.2. The summed E-state index contributed by atoms with van der Waals surface area (Å²) in [6.07, 6.45) is 8.55. The average molecular weight is 703 g/mol. The number of carbonyl (C=O) groups excluding carboxylic acids is 3. The van der Waals surface area contributed by atoms with Crippen LogP contribution in [-0.2, 0) is 16.0 Å². The molecule has 1 fully saturated rings. The fourth-order valence-electron chi connectivity index (χ4n) is 6.82. The second kappa shape index (κ2) is 14.4. The molecule has 0 bridgehead atoms. The fourth-order valence-corrected chi connectivity index (χ4v) is 6.82. The van der Waals surface area contributed by atoms with Crippen molar-refractivity contribution in [3.63, 3.8) is 0 Å². The van der Waals surface area contributed by atoms with Crippen molar-refractivity contribution in [1.29, 1.82) is 0 Å². The second-order valence-electron chi connectivity index (χ2n) is 13.4. The molecule has 5 aromatic rings. The van der Waals surface area contributed by atoms with Crippen molar-refractivity contribution in [2.45, 2.75) is 32.7 Å². The number of fused-ring (bicyclic) bond motifs is 2. The van der Waals surface area contributed by atoms with Crippen LogP contribution in [0.3, 0.4) is 0 Å². The predicted molar refractivity (Wildman–Crippen MR) is 198 cm³/mol. The van der Waals surface area contributed by atoms with Crippen LogP contribution >= 0.6 is 0 Å². The minimum atomic E-state index is -0.273. The van der Waals surface area contributed by atoms with Crippen LogP contribution in [0.4, 0.5) is 17.5 Å². The van der Waals surface area contributed by atoms with Crippen molar-refractivity contribution in [2.24, 2.45) is 0 Å². The number of hydrogen-bond acceptors (Lipinski definition) is 10. The highest BCUT2D eigenvalue weighted by Gasteiger charge is 2.27. The van der Waals surface area contributed by atoms with E-state index in [4.69, 9.17) is 20.4 Å². The van der Waals surface area contributed by atoms with E-state index < -0.39 is 0 Å². The topological polar surface area (TPSA) is 155 Å². The fraction of sp³-hybridized carbons (Fsp3) is 0.342. The lowest BCUT2D eigenvalue weighted by atomic mass is 9.93. The standard InChI is InChI=1S/C38H42N10O4/c1-24-5-6-29-19-28(11-12-33(29)48(24)25(2)49)26-7-9-27(10-8-26)36(50)44(3)13-14-45(4)37(51)32-23-47-22-31(30-20-40-38(39)41-21-30)42-34(35(47)43-32)46-15-17-52-18-16-46/h7-12,19-24H,5-6,13-18H2,1-4H3,(H2,39,40,41)/t24-/m0/s1. The molecule has 2 aliphatic rings. The molecule has 0 spiro atoms. The molecule has 1 atom stereocenters. The number of aromatic nitrogens is 5. The van der Waals surface area contributed by atoms with Gasteiger partial charge in [-0.3, -0.25) is 14.4 Å². The van der Waals surface area contributed by atoms with Gasteiger partial charge in [-0.15, -0.1) is 0 Å². The molecular weight excluding hydrogens is 660 g/mol. The zero-order valence-electron chi connectivity index (χ0n) is 29.8. The zero-order chi connectivity index (χ0) is 36.5. The number of aryl methyl sites for hydroxylation is 1. The Hall–Kier alpha value is -5.89. The van der Waals surface area contributed by atoms with Gasteiger partial charge in [0.05, 0.1) is 18.9 Å². The number of benzene rings is 2. The number of nitrogen functional groups attached to an aromatic ring is 1. The van der Waals surface area contributed by atoms with E-state index in [0.717, 1.165) is 35.2 Å². The molecule has 0 aliphatic carbocycles. The number of ether oxygens (including phenoxy) is 1. The van der Waals surface area contributed by atoms with E-state index in [1.807, 2.05) is 41.3 Å². The maximum absolute atomic E-state index is 13.6. The van der Waals surface area contributed by atoms with Crippen molar-refractivity contribution >= 4 is 40.8 Å². The van der Waals surface area contributed by atoms with E-state index in [9.17, 15) is 14.4 Å². The number of likely N-dealkylation sites (N-methyl/N-ethyl adjacent to an activating group) is 2. The molecule has 3 aromatic heterocycles. The number of rotatable bonds is 8. The van der Waals surface area contributed by atoms with E-state index in [2.05, 4.69) is 27.9 Å². The van der Waals surface area contributed by atoms with Gasteiger partial charge in [-0.2, -0.15) is 0 Å². The van der Waals surface area contributed by atoms with Gasteiger partial charge in [-0.1, -0.05) is 18.2 Å².